The highest BCUT2D eigenvalue weighted by Crippen LogP contribution is 2.33. The predicted molar refractivity (Wildman–Crippen MR) is 414 cm³/mol. The number of amides is 11. The number of phenolic OH excluding ortho intramolecular Hbond substituents is 1. The lowest BCUT2D eigenvalue weighted by molar-refractivity contribution is -0.160. The van der Waals surface area contributed by atoms with E-state index in [9.17, 15) is 77.6 Å². The summed E-state index contributed by atoms with van der Waals surface area (Å²) in [4.78, 5) is 190. The van der Waals surface area contributed by atoms with E-state index in [-0.39, 0.29) is 91.6 Å². The Morgan fingerprint density at radius 1 is 0.694 bits per heavy atom. The Bertz CT molecular complexity index is 3540. The minimum absolute atomic E-state index is 0.00281. The van der Waals surface area contributed by atoms with E-state index in [1.54, 1.807) is 63.2 Å². The largest absolute Gasteiger partial charge is 0.508 e. The van der Waals surface area contributed by atoms with E-state index in [0.29, 0.717) is 55.4 Å². The molecule has 0 radical (unpaired) electrons. The standard InChI is InChI=1S/C74H111N13O21S3/c1-11-20-62(94)107-42-87(70(100)63(44(5)12-2)83-68(99)57-24-17-19-32-86(57)10)58(43(3)4)39-59(108-48(9)88)69-80-56(41-109-69)67(98)78-51(36-50-25-27-52(89)28-26-50)35-45(6)64(95)84-85-74(105)106-33-34-110-111-40-47(8)76-65(96)54(37-49-22-14-13-15-23-49)79-66(97)55(38-61(92)93)82-72(103)75-31-18-16-21-46(7)77-73(104)81-53(71(101)102)29-30-60(90)91/h13-15,22-23,25-28,41,43-47,51,53-55,57-59,63,89H,11-12,16-21,24,29-40,42H2,1-10H3,(H,76,96)(H,78,98)(H,79,97)(H,83,99)(H,84,95)(H,85,105)(H,90,91)(H,92,93)(H,101,102)(H2,75,82,103)(H2,77,81,104)/t44?,45-,46+,47+,51+,53-,54-,55-,57+,58+,59+,63-/m0/s1. The minimum Gasteiger partial charge on any atom is -0.508 e. The molecule has 0 spiro atoms. The molecule has 1 aromatic heterocycles. The maximum absolute atomic E-state index is 15.0. The van der Waals surface area contributed by atoms with E-state index in [2.05, 4.69) is 58.4 Å². The number of hydrazine groups is 1. The van der Waals surface area contributed by atoms with Gasteiger partial charge < -0.3 is 82.1 Å². The number of nitrogens with zero attached hydrogens (tertiary/aromatic N) is 3. The van der Waals surface area contributed by atoms with Crippen molar-refractivity contribution < 1.29 is 102 Å². The van der Waals surface area contributed by atoms with Crippen molar-refractivity contribution in [2.75, 3.05) is 45.0 Å². The second-order valence-electron chi connectivity index (χ2n) is 27.9. The third-order valence-electron chi connectivity index (χ3n) is 18.1. The molecule has 1 fully saturated rings. The quantitative estimate of drug-likeness (QED) is 0.00761. The summed E-state index contributed by atoms with van der Waals surface area (Å²) in [6, 6.07) is 5.18. The number of urea groups is 2. The number of carbonyl (C=O) groups excluding carboxylic acids is 11. The zero-order valence-electron chi connectivity index (χ0n) is 64.6. The SMILES string of the molecule is CCCC(=O)OCN(C(=O)[C@@H](NC(=O)[C@H]1CCCCN1C)C(C)CC)[C@H](C[C@@H](OC(C)=O)c1nc(C(=O)N[C@@H](Cc2ccc(O)cc2)C[C@H](C)C(=O)NNC(=O)OCCSSC[C@@H](C)NC(=O)[C@H](Cc2ccccc2)NC(=O)[C@H](CC(=O)O)NC(=O)NCCCC[C@@H](C)NC(=O)N[C@@H](CCC(=O)O)C(=O)O)cs1)C(C)C. The van der Waals surface area contributed by atoms with Gasteiger partial charge in [0.05, 0.1) is 12.5 Å². The van der Waals surface area contributed by atoms with Crippen molar-refractivity contribution in [1.82, 2.24) is 68.2 Å². The Balaban J connectivity index is 1.31. The number of carboxylic acids is 3. The van der Waals surface area contributed by atoms with Crippen molar-refractivity contribution in [2.45, 2.75) is 226 Å². The Labute approximate surface area is 658 Å². The smallest absolute Gasteiger partial charge is 0.426 e. The number of likely N-dealkylation sites (tertiary alicyclic amines) is 1. The van der Waals surface area contributed by atoms with Gasteiger partial charge in [-0.2, -0.15) is 0 Å². The number of hydrogen-bond acceptors (Lipinski definition) is 23. The Morgan fingerprint density at radius 2 is 1.38 bits per heavy atom. The fraction of sp³-hybridized carbons (Fsp3) is 0.608. The molecule has 37 heteroatoms. The summed E-state index contributed by atoms with van der Waals surface area (Å²) in [6.07, 6.45) is 1.27. The zero-order chi connectivity index (χ0) is 82.3. The van der Waals surface area contributed by atoms with Crippen molar-refractivity contribution in [3.05, 3.63) is 81.8 Å². The summed E-state index contributed by atoms with van der Waals surface area (Å²) in [5, 5.41) is 60.8. The number of ether oxygens (including phenoxy) is 3. The second-order valence-corrected chi connectivity index (χ2v) is 31.4. The lowest BCUT2D eigenvalue weighted by atomic mass is 9.92. The van der Waals surface area contributed by atoms with Crippen LogP contribution in [0.15, 0.2) is 60.0 Å². The highest BCUT2D eigenvalue weighted by atomic mass is 33.1. The minimum atomic E-state index is -1.61. The maximum Gasteiger partial charge on any atom is 0.426 e. The Hall–Kier alpha value is -9.49. The monoisotopic (exact) mass is 1610 g/mol. The number of carboxylic acid groups (broad SMARTS) is 3. The molecule has 34 nitrogen and oxygen atoms in total. The van der Waals surface area contributed by atoms with Crippen molar-refractivity contribution >= 4 is 116 Å². The molecule has 1 saturated heterocycles. The zero-order valence-corrected chi connectivity index (χ0v) is 67.1. The first kappa shape index (κ1) is 93.9. The molecule has 2 heterocycles. The highest BCUT2D eigenvalue weighted by molar-refractivity contribution is 8.76. The molecule has 1 aliphatic rings. The summed E-state index contributed by atoms with van der Waals surface area (Å²) in [5.74, 6) is -9.72. The number of carbonyl (C=O) groups is 14. The number of phenols is 1. The molecule has 111 heavy (non-hydrogen) atoms. The van der Waals surface area contributed by atoms with Gasteiger partial charge in [0.25, 0.3) is 5.91 Å². The Kier molecular flexibility index (Phi) is 42.0. The number of aliphatic carboxylic acids is 3. The first-order chi connectivity index (χ1) is 52.7. The van der Waals surface area contributed by atoms with Crippen LogP contribution in [0, 0.1) is 17.8 Å². The number of nitrogens with one attached hydrogen (secondary N) is 10. The number of aromatic nitrogens is 1. The third-order valence-corrected chi connectivity index (χ3v) is 21.6. The highest BCUT2D eigenvalue weighted by Gasteiger charge is 2.40. The molecule has 0 saturated carbocycles. The van der Waals surface area contributed by atoms with Gasteiger partial charge in [-0.15, -0.1) is 11.3 Å². The number of hydrogen-bond donors (Lipinski definition) is 14. The van der Waals surface area contributed by atoms with Crippen molar-refractivity contribution in [3.8, 4) is 5.75 Å². The number of thiazole rings is 1. The maximum atomic E-state index is 15.0. The number of likely N-dealkylation sites (N-methyl/N-ethyl adjacent to an activating group) is 1. The van der Waals surface area contributed by atoms with Crippen molar-refractivity contribution in [2.24, 2.45) is 17.8 Å². The number of rotatable bonds is 48. The molecular formula is C74H111N13O21S3. The fourth-order valence-corrected chi connectivity index (χ4v) is 14.8. The summed E-state index contributed by atoms with van der Waals surface area (Å²) >= 11 is 1.04. The van der Waals surface area contributed by atoms with Crippen LogP contribution in [-0.2, 0) is 75.0 Å². The molecule has 1 aliphatic heterocycles. The molecular weight excluding hydrogens is 1500 g/mol. The van der Waals surface area contributed by atoms with Crippen LogP contribution in [0.1, 0.15) is 185 Å². The van der Waals surface area contributed by atoms with Gasteiger partial charge in [-0.05, 0) is 120 Å². The summed E-state index contributed by atoms with van der Waals surface area (Å²) in [5.41, 5.74) is 5.89. The average Bonchev–Trinajstić information content (AvgIpc) is 1.76. The molecule has 0 bridgehead atoms. The fourth-order valence-electron chi connectivity index (χ4n) is 11.8. The van der Waals surface area contributed by atoms with Gasteiger partial charge >= 0.3 is 48.0 Å². The topological polar surface area (TPSA) is 487 Å². The molecule has 4 rings (SSSR count). The van der Waals surface area contributed by atoms with Crippen molar-refractivity contribution in [3.63, 3.8) is 0 Å². The average molecular weight is 1610 g/mol. The number of aromatic hydroxyl groups is 1. The number of unbranched alkanes of at least 4 members (excludes halogenated alkanes) is 1. The van der Waals surface area contributed by atoms with Crippen LogP contribution in [0.25, 0.3) is 0 Å². The van der Waals surface area contributed by atoms with Crippen LogP contribution in [0.4, 0.5) is 14.4 Å². The van der Waals surface area contributed by atoms with E-state index in [0.717, 1.165) is 30.7 Å². The van der Waals surface area contributed by atoms with E-state index in [1.165, 1.54) is 50.9 Å². The predicted octanol–water partition coefficient (Wildman–Crippen LogP) is 6.07. The lowest BCUT2D eigenvalue weighted by Gasteiger charge is -2.39. The molecule has 0 aliphatic carbocycles. The van der Waals surface area contributed by atoms with Crippen LogP contribution in [0.3, 0.4) is 0 Å². The molecule has 3 aromatic rings. The van der Waals surface area contributed by atoms with Crippen LogP contribution in [0.2, 0.25) is 0 Å². The first-order valence-electron chi connectivity index (χ1n) is 37.3. The number of esters is 2. The summed E-state index contributed by atoms with van der Waals surface area (Å²) in [7, 11) is 4.52. The van der Waals surface area contributed by atoms with Crippen LogP contribution < -0.4 is 53.4 Å². The number of piperidine rings is 1. The van der Waals surface area contributed by atoms with Gasteiger partial charge in [-0.1, -0.05) is 118 Å². The molecule has 11 amide bonds. The number of benzene rings is 2. The molecule has 1 unspecified atom stereocenters. The van der Waals surface area contributed by atoms with Crippen LogP contribution in [-0.4, -0.2) is 218 Å². The van der Waals surface area contributed by atoms with E-state index in [4.69, 9.17) is 19.3 Å². The van der Waals surface area contributed by atoms with Gasteiger partial charge in [0.15, 0.2) is 12.8 Å². The van der Waals surface area contributed by atoms with Gasteiger partial charge in [0.2, 0.25) is 29.5 Å². The normalized spacial score (nSPS) is 15.7. The van der Waals surface area contributed by atoms with E-state index < -0.39 is 164 Å². The van der Waals surface area contributed by atoms with E-state index >= 15 is 4.79 Å². The van der Waals surface area contributed by atoms with Gasteiger partial charge in [0, 0.05) is 86.1 Å². The lowest BCUT2D eigenvalue weighted by Crippen LogP contribution is -2.59. The third kappa shape index (κ3) is 35.6. The van der Waals surface area contributed by atoms with Crippen LogP contribution >= 0.6 is 32.9 Å². The first-order valence-corrected chi connectivity index (χ1v) is 40.6. The van der Waals surface area contributed by atoms with Gasteiger partial charge in [0.1, 0.15) is 47.2 Å². The molecule has 2 aromatic carbocycles. The summed E-state index contributed by atoms with van der Waals surface area (Å²) < 4.78 is 16.9. The van der Waals surface area contributed by atoms with Crippen molar-refractivity contribution in [1.29, 1.82) is 0 Å². The molecule has 616 valence electrons. The van der Waals surface area contributed by atoms with Crippen LogP contribution in [0.5, 0.6) is 5.75 Å². The summed E-state index contributed by atoms with van der Waals surface area (Å²) in [6.45, 7) is 15.7. The van der Waals surface area contributed by atoms with Gasteiger partial charge in [-0.25, -0.2) is 29.6 Å². The molecule has 14 N–H and O–H groups in total. The molecule has 12 atom stereocenters. The van der Waals surface area contributed by atoms with E-state index in [1.807, 2.05) is 46.6 Å². The van der Waals surface area contributed by atoms with Gasteiger partial charge in [-0.3, -0.25) is 58.3 Å². The Morgan fingerprint density at radius 3 is 2.02 bits per heavy atom. The second kappa shape index (κ2) is 49.7.